The average molecular weight is 371 g/mol. The molecule has 0 amide bonds. The van der Waals surface area contributed by atoms with E-state index >= 15 is 0 Å². The summed E-state index contributed by atoms with van der Waals surface area (Å²) in [6.45, 7) is 3.29. The first-order valence-electron chi connectivity index (χ1n) is 11.0. The minimum Gasteiger partial charge on any atom is -0.508 e. The zero-order valence-electron chi connectivity index (χ0n) is 16.7. The molecule has 0 radical (unpaired) electrons. The van der Waals surface area contributed by atoms with Crippen LogP contribution in [-0.4, -0.2) is 53.9 Å². The first-order valence-corrected chi connectivity index (χ1v) is 11.0. The van der Waals surface area contributed by atoms with E-state index in [1.165, 1.54) is 62.7 Å². The number of phenolic OH excluding ortho intramolecular Hbond substituents is 1. The highest BCUT2D eigenvalue weighted by molar-refractivity contribution is 5.36. The molecule has 2 saturated heterocycles. The van der Waals surface area contributed by atoms with Gasteiger partial charge in [-0.2, -0.15) is 0 Å². The fourth-order valence-corrected chi connectivity index (χ4v) is 5.89. The van der Waals surface area contributed by atoms with Crippen molar-refractivity contribution >= 4 is 0 Å². The van der Waals surface area contributed by atoms with Crippen LogP contribution < -0.4 is 5.32 Å². The van der Waals surface area contributed by atoms with Gasteiger partial charge < -0.3 is 15.2 Å². The number of nitrogens with one attached hydrogen (secondary N) is 1. The molecule has 1 spiro atoms. The molecule has 3 heterocycles. The van der Waals surface area contributed by atoms with Crippen LogP contribution in [-0.2, 0) is 17.6 Å². The average Bonchev–Trinajstić information content (AvgIpc) is 3.50. The van der Waals surface area contributed by atoms with Crippen molar-refractivity contribution in [1.82, 2.24) is 10.2 Å². The summed E-state index contributed by atoms with van der Waals surface area (Å²) in [7, 11) is 2.09. The quantitative estimate of drug-likeness (QED) is 0.857. The highest BCUT2D eigenvalue weighted by Gasteiger charge is 2.51. The number of benzene rings is 1. The van der Waals surface area contributed by atoms with E-state index < -0.39 is 0 Å². The molecule has 1 aromatic rings. The second kappa shape index (κ2) is 6.75. The number of nitrogens with zero attached hydrogens (tertiary/aromatic N) is 1. The number of fused-ring (bicyclic) bond motifs is 3. The van der Waals surface area contributed by atoms with Gasteiger partial charge in [-0.3, -0.25) is 4.90 Å². The Balaban J connectivity index is 1.54. The summed E-state index contributed by atoms with van der Waals surface area (Å²) in [5.74, 6) is 1.31. The van der Waals surface area contributed by atoms with Gasteiger partial charge in [-0.25, -0.2) is 0 Å². The van der Waals surface area contributed by atoms with Crippen molar-refractivity contribution in [3.05, 3.63) is 29.3 Å². The Morgan fingerprint density at radius 1 is 1.19 bits per heavy atom. The van der Waals surface area contributed by atoms with Crippen LogP contribution in [0, 0.1) is 5.92 Å². The minimum absolute atomic E-state index is 0.0139. The van der Waals surface area contributed by atoms with E-state index in [1.807, 2.05) is 12.1 Å². The smallest absolute Gasteiger partial charge is 0.115 e. The van der Waals surface area contributed by atoms with Gasteiger partial charge in [-0.05, 0) is 101 Å². The lowest BCUT2D eigenvalue weighted by Gasteiger charge is -2.56. The van der Waals surface area contributed by atoms with Crippen LogP contribution in [0.1, 0.15) is 56.1 Å². The third kappa shape index (κ3) is 3.30. The predicted molar refractivity (Wildman–Crippen MR) is 107 cm³/mol. The van der Waals surface area contributed by atoms with Crippen molar-refractivity contribution < 1.29 is 9.84 Å². The standard InChI is InChI=1S/C23H34N2O2/c1-24-22-9-7-19-13-20(26)6-5-18(19)14-21-23(11-10-22,27-16-22)8-2-12-25(21)15-17-3-4-17/h5-6,13,17,21,24,26H,2-4,7-12,14-16H2,1H3/t21-,22?,23-/m1/s1. The molecule has 1 aromatic carbocycles. The highest BCUT2D eigenvalue weighted by atomic mass is 16.5. The van der Waals surface area contributed by atoms with E-state index in [2.05, 4.69) is 23.3 Å². The van der Waals surface area contributed by atoms with Crippen molar-refractivity contribution in [2.24, 2.45) is 5.92 Å². The first-order chi connectivity index (χ1) is 13.1. The molecule has 2 aliphatic carbocycles. The summed E-state index contributed by atoms with van der Waals surface area (Å²) in [5.41, 5.74) is 2.85. The van der Waals surface area contributed by atoms with Crippen LogP contribution in [0.4, 0.5) is 0 Å². The molecule has 3 fully saturated rings. The molecule has 27 heavy (non-hydrogen) atoms. The molecule has 4 heteroatoms. The van der Waals surface area contributed by atoms with Crippen molar-refractivity contribution in [2.45, 2.75) is 75.0 Å². The van der Waals surface area contributed by atoms with Gasteiger partial charge in [0.2, 0.25) is 0 Å². The van der Waals surface area contributed by atoms with Crippen molar-refractivity contribution in [3.63, 3.8) is 0 Å². The fraction of sp³-hybridized carbons (Fsp3) is 0.739. The molecule has 6 rings (SSSR count). The Kier molecular flexibility index (Phi) is 4.49. The molecule has 0 aromatic heterocycles. The Bertz CT molecular complexity index is 692. The number of ether oxygens (including phenoxy) is 1. The third-order valence-electron chi connectivity index (χ3n) is 7.95. The summed E-state index contributed by atoms with van der Waals surface area (Å²) in [4.78, 5) is 2.77. The van der Waals surface area contributed by atoms with Gasteiger partial charge in [0.05, 0.1) is 12.2 Å². The second-order valence-corrected chi connectivity index (χ2v) is 9.60. The molecule has 3 atom stereocenters. The molecule has 148 valence electrons. The third-order valence-corrected chi connectivity index (χ3v) is 7.95. The number of hydrogen-bond donors (Lipinski definition) is 2. The molecular weight excluding hydrogens is 336 g/mol. The van der Waals surface area contributed by atoms with Crippen molar-refractivity contribution in [3.8, 4) is 5.75 Å². The molecule has 3 aliphatic heterocycles. The van der Waals surface area contributed by atoms with Gasteiger partial charge >= 0.3 is 0 Å². The normalized spacial score (nSPS) is 36.9. The van der Waals surface area contributed by atoms with Gasteiger partial charge in [0, 0.05) is 18.1 Å². The van der Waals surface area contributed by atoms with Crippen molar-refractivity contribution in [1.29, 1.82) is 0 Å². The first kappa shape index (κ1) is 18.0. The number of hydrogen-bond acceptors (Lipinski definition) is 4. The fourth-order valence-electron chi connectivity index (χ4n) is 5.89. The molecular formula is C23H34N2O2. The zero-order chi connectivity index (χ0) is 18.5. The Labute approximate surface area is 163 Å². The second-order valence-electron chi connectivity index (χ2n) is 9.60. The Morgan fingerprint density at radius 2 is 2.07 bits per heavy atom. The van der Waals surface area contributed by atoms with Crippen LogP contribution in [0.2, 0.25) is 0 Å². The van der Waals surface area contributed by atoms with Gasteiger partial charge in [0.25, 0.3) is 0 Å². The highest BCUT2D eigenvalue weighted by Crippen LogP contribution is 2.45. The Hall–Kier alpha value is -1.10. The number of aryl methyl sites for hydroxylation is 1. The topological polar surface area (TPSA) is 44.7 Å². The van der Waals surface area contributed by atoms with E-state index in [9.17, 15) is 5.11 Å². The number of aromatic hydroxyl groups is 1. The monoisotopic (exact) mass is 370 g/mol. The zero-order valence-corrected chi connectivity index (χ0v) is 16.7. The van der Waals surface area contributed by atoms with Gasteiger partial charge in [-0.1, -0.05) is 6.07 Å². The summed E-state index contributed by atoms with van der Waals surface area (Å²) < 4.78 is 6.82. The van der Waals surface area contributed by atoms with E-state index in [1.54, 1.807) is 0 Å². The maximum atomic E-state index is 10.1. The summed E-state index contributed by atoms with van der Waals surface area (Å²) >= 11 is 0. The largest absolute Gasteiger partial charge is 0.508 e. The SMILES string of the molecule is CNC12CCc3cc(O)ccc3C[C@H]3N(CC4CC4)CCC[C@]3(CC1)OC2. The molecule has 2 bridgehead atoms. The number of likely N-dealkylation sites (N-methyl/N-ethyl adjacent to an activating group) is 1. The molecule has 5 aliphatic rings. The van der Waals surface area contributed by atoms with E-state index in [4.69, 9.17) is 4.74 Å². The van der Waals surface area contributed by atoms with E-state index in [-0.39, 0.29) is 11.1 Å². The number of likely N-dealkylation sites (tertiary alicyclic amines) is 1. The van der Waals surface area contributed by atoms with Crippen LogP contribution in [0.3, 0.4) is 0 Å². The number of phenols is 1. The van der Waals surface area contributed by atoms with Crippen LogP contribution >= 0.6 is 0 Å². The Morgan fingerprint density at radius 3 is 2.81 bits per heavy atom. The van der Waals surface area contributed by atoms with Crippen LogP contribution in [0.15, 0.2) is 18.2 Å². The van der Waals surface area contributed by atoms with E-state index in [0.29, 0.717) is 11.8 Å². The van der Waals surface area contributed by atoms with Crippen LogP contribution in [0.25, 0.3) is 0 Å². The lowest BCUT2D eigenvalue weighted by molar-refractivity contribution is -0.176. The van der Waals surface area contributed by atoms with Gasteiger partial charge in [0.1, 0.15) is 5.75 Å². The number of rotatable bonds is 3. The maximum absolute atomic E-state index is 10.1. The van der Waals surface area contributed by atoms with E-state index in [0.717, 1.165) is 31.8 Å². The predicted octanol–water partition coefficient (Wildman–Crippen LogP) is 3.26. The lowest BCUT2D eigenvalue weighted by Crippen LogP contribution is -2.65. The summed E-state index contributed by atoms with van der Waals surface area (Å²) in [6.07, 6.45) is 10.8. The maximum Gasteiger partial charge on any atom is 0.115 e. The molecule has 4 nitrogen and oxygen atoms in total. The number of piperidine rings is 1. The van der Waals surface area contributed by atoms with Crippen molar-refractivity contribution in [2.75, 3.05) is 26.7 Å². The van der Waals surface area contributed by atoms with Crippen LogP contribution in [0.5, 0.6) is 5.75 Å². The molecule has 1 saturated carbocycles. The van der Waals surface area contributed by atoms with Gasteiger partial charge in [-0.15, -0.1) is 0 Å². The lowest BCUT2D eigenvalue weighted by atomic mass is 9.70. The molecule has 2 N–H and O–H groups in total. The minimum atomic E-state index is 0.0139. The summed E-state index contributed by atoms with van der Waals surface area (Å²) in [6, 6.07) is 6.53. The molecule has 1 unspecified atom stereocenters. The van der Waals surface area contributed by atoms with Gasteiger partial charge in [0.15, 0.2) is 0 Å². The summed E-state index contributed by atoms with van der Waals surface area (Å²) in [5, 5.41) is 13.7.